The lowest BCUT2D eigenvalue weighted by Gasteiger charge is -2.23. The van der Waals surface area contributed by atoms with E-state index in [4.69, 9.17) is 0 Å². The topological polar surface area (TPSA) is 25.2 Å². The van der Waals surface area contributed by atoms with Gasteiger partial charge >= 0.3 is 0 Å². The van der Waals surface area contributed by atoms with Gasteiger partial charge in [-0.2, -0.15) is 0 Å². The SMILES string of the molecule is CCN(CC(C)C)C(=O)c1cc(Br)cn1CC. The number of carbonyl (C=O) groups is 1. The van der Waals surface area contributed by atoms with Crippen LogP contribution in [0.1, 0.15) is 38.2 Å². The Morgan fingerprint density at radius 2 is 2.12 bits per heavy atom. The molecular weight excluding hydrogens is 280 g/mol. The van der Waals surface area contributed by atoms with Crippen LogP contribution in [0.2, 0.25) is 0 Å². The fraction of sp³-hybridized carbons (Fsp3) is 0.615. The third-order valence-electron chi connectivity index (χ3n) is 2.68. The van der Waals surface area contributed by atoms with Crippen molar-refractivity contribution in [2.45, 2.75) is 34.2 Å². The van der Waals surface area contributed by atoms with Gasteiger partial charge in [-0.05, 0) is 41.8 Å². The molecule has 4 heteroatoms. The molecule has 0 unspecified atom stereocenters. The molecule has 0 N–H and O–H groups in total. The molecule has 0 aromatic carbocycles. The molecule has 96 valence electrons. The molecule has 0 aliphatic rings. The summed E-state index contributed by atoms with van der Waals surface area (Å²) in [5, 5.41) is 0. The third kappa shape index (κ3) is 3.60. The highest BCUT2D eigenvalue weighted by atomic mass is 79.9. The summed E-state index contributed by atoms with van der Waals surface area (Å²) in [5.41, 5.74) is 0.766. The molecule has 0 spiro atoms. The molecule has 17 heavy (non-hydrogen) atoms. The molecule has 0 aliphatic heterocycles. The average Bonchev–Trinajstić information content (AvgIpc) is 2.66. The van der Waals surface area contributed by atoms with Crippen LogP contribution in [-0.4, -0.2) is 28.5 Å². The molecule has 0 saturated carbocycles. The molecule has 1 amide bonds. The van der Waals surface area contributed by atoms with E-state index in [-0.39, 0.29) is 5.91 Å². The van der Waals surface area contributed by atoms with E-state index in [0.29, 0.717) is 5.92 Å². The van der Waals surface area contributed by atoms with Crippen LogP contribution in [0.3, 0.4) is 0 Å². The number of carbonyl (C=O) groups excluding carboxylic acids is 1. The predicted molar refractivity (Wildman–Crippen MR) is 74.2 cm³/mol. The van der Waals surface area contributed by atoms with Crippen LogP contribution in [0.15, 0.2) is 16.7 Å². The first-order valence-corrected chi connectivity index (χ1v) is 6.93. The van der Waals surface area contributed by atoms with Gasteiger partial charge in [0.25, 0.3) is 5.91 Å². The highest BCUT2D eigenvalue weighted by Gasteiger charge is 2.19. The lowest BCUT2D eigenvalue weighted by Crippen LogP contribution is -2.35. The molecule has 0 radical (unpaired) electrons. The van der Waals surface area contributed by atoms with Crippen LogP contribution in [0, 0.1) is 5.92 Å². The summed E-state index contributed by atoms with van der Waals surface area (Å²) < 4.78 is 2.94. The predicted octanol–water partition coefficient (Wildman–Crippen LogP) is 3.39. The second-order valence-electron chi connectivity index (χ2n) is 4.57. The quantitative estimate of drug-likeness (QED) is 0.818. The second-order valence-corrected chi connectivity index (χ2v) is 5.48. The number of halogens is 1. The van der Waals surface area contributed by atoms with Gasteiger partial charge in [0.05, 0.1) is 0 Å². The van der Waals surface area contributed by atoms with Gasteiger partial charge in [0.2, 0.25) is 0 Å². The molecule has 1 aromatic heterocycles. The van der Waals surface area contributed by atoms with Crippen molar-refractivity contribution >= 4 is 21.8 Å². The summed E-state index contributed by atoms with van der Waals surface area (Å²) in [7, 11) is 0. The van der Waals surface area contributed by atoms with Gasteiger partial charge in [-0.3, -0.25) is 4.79 Å². The maximum atomic E-state index is 12.4. The molecule has 1 heterocycles. The van der Waals surface area contributed by atoms with E-state index in [9.17, 15) is 4.79 Å². The van der Waals surface area contributed by atoms with Gasteiger partial charge in [0.1, 0.15) is 5.69 Å². The molecule has 0 atom stereocenters. The van der Waals surface area contributed by atoms with Crippen molar-refractivity contribution in [1.29, 1.82) is 0 Å². The van der Waals surface area contributed by atoms with Crippen LogP contribution in [0.25, 0.3) is 0 Å². The van der Waals surface area contributed by atoms with Crippen LogP contribution < -0.4 is 0 Å². The van der Waals surface area contributed by atoms with Gasteiger partial charge < -0.3 is 9.47 Å². The zero-order valence-electron chi connectivity index (χ0n) is 11.0. The Labute approximate surface area is 112 Å². The third-order valence-corrected chi connectivity index (χ3v) is 3.11. The van der Waals surface area contributed by atoms with Crippen LogP contribution in [0.4, 0.5) is 0 Å². The Kier molecular flexibility index (Phi) is 5.25. The fourth-order valence-corrected chi connectivity index (χ4v) is 2.34. The molecule has 0 fully saturated rings. The van der Waals surface area contributed by atoms with Gasteiger partial charge in [-0.15, -0.1) is 0 Å². The number of amides is 1. The molecular formula is C13H21BrN2O. The summed E-state index contributed by atoms with van der Waals surface area (Å²) in [6.45, 7) is 10.7. The van der Waals surface area contributed by atoms with Gasteiger partial charge in [0.15, 0.2) is 0 Å². The molecule has 1 rings (SSSR count). The summed E-state index contributed by atoms with van der Waals surface area (Å²) in [6.07, 6.45) is 1.95. The van der Waals surface area contributed by atoms with Gasteiger partial charge in [0, 0.05) is 30.3 Å². The maximum absolute atomic E-state index is 12.4. The number of hydrogen-bond donors (Lipinski definition) is 0. The zero-order chi connectivity index (χ0) is 13.0. The standard InChI is InChI=1S/C13H21BrN2O/c1-5-15-9-11(14)7-12(15)13(17)16(6-2)8-10(3)4/h7,9-10H,5-6,8H2,1-4H3. The first kappa shape index (κ1) is 14.3. The van der Waals surface area contributed by atoms with Crippen LogP contribution >= 0.6 is 15.9 Å². The van der Waals surface area contributed by atoms with E-state index in [1.54, 1.807) is 0 Å². The fourth-order valence-electron chi connectivity index (χ4n) is 1.87. The lowest BCUT2D eigenvalue weighted by atomic mass is 10.2. The van der Waals surface area contributed by atoms with Crippen molar-refractivity contribution in [3.05, 3.63) is 22.4 Å². The minimum absolute atomic E-state index is 0.119. The van der Waals surface area contributed by atoms with E-state index in [1.165, 1.54) is 0 Å². The molecule has 1 aromatic rings. The first-order chi connectivity index (χ1) is 7.99. The Morgan fingerprint density at radius 1 is 1.47 bits per heavy atom. The smallest absolute Gasteiger partial charge is 0.270 e. The van der Waals surface area contributed by atoms with Crippen molar-refractivity contribution in [2.75, 3.05) is 13.1 Å². The molecule has 0 saturated heterocycles. The summed E-state index contributed by atoms with van der Waals surface area (Å²) in [4.78, 5) is 14.3. The average molecular weight is 301 g/mol. The van der Waals surface area contributed by atoms with Crippen molar-refractivity contribution in [2.24, 2.45) is 5.92 Å². The van der Waals surface area contributed by atoms with E-state index in [1.807, 2.05) is 35.6 Å². The Balaban J connectivity index is 2.92. The highest BCUT2D eigenvalue weighted by molar-refractivity contribution is 9.10. The van der Waals surface area contributed by atoms with Crippen molar-refractivity contribution in [1.82, 2.24) is 9.47 Å². The number of aryl methyl sites for hydroxylation is 1. The number of hydrogen-bond acceptors (Lipinski definition) is 1. The van der Waals surface area contributed by atoms with Gasteiger partial charge in [-0.1, -0.05) is 13.8 Å². The lowest BCUT2D eigenvalue weighted by molar-refractivity contribution is 0.0735. The minimum atomic E-state index is 0.119. The molecule has 0 aliphatic carbocycles. The monoisotopic (exact) mass is 300 g/mol. The van der Waals surface area contributed by atoms with Crippen molar-refractivity contribution in [3.8, 4) is 0 Å². The summed E-state index contributed by atoms with van der Waals surface area (Å²) in [5.74, 6) is 0.612. The minimum Gasteiger partial charge on any atom is -0.343 e. The van der Waals surface area contributed by atoms with Crippen LogP contribution in [0.5, 0.6) is 0 Å². The first-order valence-electron chi connectivity index (χ1n) is 6.14. The Morgan fingerprint density at radius 3 is 2.59 bits per heavy atom. The Hall–Kier alpha value is -0.770. The summed E-state index contributed by atoms with van der Waals surface area (Å²) in [6, 6.07) is 1.90. The normalized spacial score (nSPS) is 10.9. The zero-order valence-corrected chi connectivity index (χ0v) is 12.6. The van der Waals surface area contributed by atoms with Crippen LogP contribution in [-0.2, 0) is 6.54 Å². The number of aromatic nitrogens is 1. The summed E-state index contributed by atoms with van der Waals surface area (Å²) >= 11 is 3.42. The second kappa shape index (κ2) is 6.24. The molecule has 0 bridgehead atoms. The number of rotatable bonds is 5. The van der Waals surface area contributed by atoms with E-state index in [2.05, 4.69) is 29.8 Å². The van der Waals surface area contributed by atoms with E-state index in [0.717, 1.165) is 29.8 Å². The maximum Gasteiger partial charge on any atom is 0.270 e. The van der Waals surface area contributed by atoms with Crippen molar-refractivity contribution in [3.63, 3.8) is 0 Å². The molecule has 3 nitrogen and oxygen atoms in total. The Bertz CT molecular complexity index is 385. The van der Waals surface area contributed by atoms with E-state index >= 15 is 0 Å². The largest absolute Gasteiger partial charge is 0.343 e. The van der Waals surface area contributed by atoms with E-state index < -0.39 is 0 Å². The highest BCUT2D eigenvalue weighted by Crippen LogP contribution is 2.17. The number of nitrogens with zero attached hydrogens (tertiary/aromatic N) is 2. The van der Waals surface area contributed by atoms with Crippen molar-refractivity contribution < 1.29 is 4.79 Å². The van der Waals surface area contributed by atoms with Gasteiger partial charge in [-0.25, -0.2) is 0 Å².